The number of carbonyl (C=O) groups excluding carboxylic acids is 4. The lowest BCUT2D eigenvalue weighted by atomic mass is 9.78. The van der Waals surface area contributed by atoms with Crippen LogP contribution in [-0.4, -0.2) is 116 Å². The number of amides is 4. The van der Waals surface area contributed by atoms with Crippen molar-refractivity contribution >= 4 is 45.8 Å². The van der Waals surface area contributed by atoms with E-state index in [1.807, 2.05) is 36.6 Å². The summed E-state index contributed by atoms with van der Waals surface area (Å²) in [4.78, 5) is 75.3. The predicted molar refractivity (Wildman–Crippen MR) is 255 cm³/mol. The zero-order valence-corrected chi connectivity index (χ0v) is 40.5. The highest BCUT2D eigenvalue weighted by Gasteiger charge is 2.58. The van der Waals surface area contributed by atoms with E-state index < -0.39 is 41.5 Å². The van der Waals surface area contributed by atoms with Crippen molar-refractivity contribution in [3.05, 3.63) is 65.9 Å². The first-order chi connectivity index (χ1) is 33.1. The van der Waals surface area contributed by atoms with E-state index in [1.54, 1.807) is 6.20 Å². The molecule has 0 radical (unpaired) electrons. The van der Waals surface area contributed by atoms with E-state index in [9.17, 15) is 19.2 Å². The summed E-state index contributed by atoms with van der Waals surface area (Å²) in [5.41, 5.74) is 5.28. The maximum Gasteiger partial charge on any atom is 0.407 e. The van der Waals surface area contributed by atoms with Gasteiger partial charge in [0.1, 0.15) is 36.1 Å². The van der Waals surface area contributed by atoms with Gasteiger partial charge in [-0.05, 0) is 138 Å². The van der Waals surface area contributed by atoms with Crippen LogP contribution in [0.3, 0.4) is 0 Å². The van der Waals surface area contributed by atoms with Crippen molar-refractivity contribution in [3.63, 3.8) is 0 Å². The SMILES string of the molecule is CCC1N([C@@H](C)c2ncc(-c3ccc4c(c3)COc3cc5c(ccc6[nH]c([C@@H]7CC[C@H]8N7C(=O)[C@@H](NC(=O)OC)C7C[C@@H](C)O[C@]8(C)C7)nc65)cc3-4)[nH]2)C(=O)C(NC(=O)OC)[C@H]2C[C@@H](C)O[C@]1(C)C2. The summed E-state index contributed by atoms with van der Waals surface area (Å²) in [6, 6.07) is 12.0. The van der Waals surface area contributed by atoms with Gasteiger partial charge in [0.05, 0.1) is 84.7 Å². The number of nitrogens with zero attached hydrogens (tertiary/aromatic N) is 4. The molecule has 4 bridgehead atoms. The van der Waals surface area contributed by atoms with Gasteiger partial charge in [-0.3, -0.25) is 9.59 Å². The molecular formula is C52H62N8O9. The third-order valence-electron chi connectivity index (χ3n) is 16.4. The van der Waals surface area contributed by atoms with E-state index in [0.717, 1.165) is 61.9 Å². The Bertz CT molecular complexity index is 2900. The van der Waals surface area contributed by atoms with Crippen LogP contribution < -0.4 is 15.4 Å². The first kappa shape index (κ1) is 45.3. The summed E-state index contributed by atoms with van der Waals surface area (Å²) in [5.74, 6) is 1.60. The Balaban J connectivity index is 0.871. The highest BCUT2D eigenvalue weighted by molar-refractivity contribution is 6.07. The molecule has 17 nitrogen and oxygen atoms in total. The molecular weight excluding hydrogens is 881 g/mol. The molecule has 2 aromatic heterocycles. The lowest BCUT2D eigenvalue weighted by Crippen LogP contribution is -2.56. The Kier molecular flexibility index (Phi) is 11.0. The molecule has 5 fully saturated rings. The molecule has 0 aliphatic carbocycles. The molecule has 3 aromatic carbocycles. The number of likely N-dealkylation sites (tertiary alicyclic amines) is 1. The number of hydrogen-bond donors (Lipinski definition) is 4. The van der Waals surface area contributed by atoms with Crippen LogP contribution >= 0.6 is 0 Å². The smallest absolute Gasteiger partial charge is 0.407 e. The second-order valence-corrected chi connectivity index (χ2v) is 20.8. The van der Waals surface area contributed by atoms with Crippen molar-refractivity contribution in [3.8, 4) is 28.1 Å². The van der Waals surface area contributed by atoms with Crippen LogP contribution in [0.2, 0.25) is 0 Å². The van der Waals surface area contributed by atoms with Crippen molar-refractivity contribution < 1.29 is 42.9 Å². The Morgan fingerprint density at radius 3 is 2.29 bits per heavy atom. The molecule has 11 rings (SSSR count). The number of carbonyl (C=O) groups is 4. The van der Waals surface area contributed by atoms with E-state index >= 15 is 0 Å². The highest BCUT2D eigenvalue weighted by Crippen LogP contribution is 2.51. The topological polar surface area (TPSA) is 202 Å². The number of benzene rings is 3. The van der Waals surface area contributed by atoms with Crippen LogP contribution in [0.5, 0.6) is 5.75 Å². The standard InChI is InChI=1S/C52H62N8O9/c1-9-40-51(5)21-30(16-25(2)68-51)42(57-49(63)65-7)47(61)59(40)27(4)45-53-23-37(55-45)29-10-12-33-32(18-29)24-67-39-20-34-28(19-35(33)39)11-13-36-44(34)56-46(54-36)38-14-15-41-52(6)22-31(17-26(3)69-52)43(48(62)60(38)41)58-50(64)66-8/h10-13,18-20,23,25-27,30-31,38,40-43H,9,14-17,21-22,24H2,1-8H3,(H,53,55)(H,54,56)(H,57,63)(H,58,64)/t25-,26-,27+,30+,31?,38+,40?,41-,42?,43+,51-,52-/m1/s1. The molecule has 0 spiro atoms. The van der Waals surface area contributed by atoms with Gasteiger partial charge < -0.3 is 54.1 Å². The lowest BCUT2D eigenvalue weighted by molar-refractivity contribution is -0.164. The van der Waals surface area contributed by atoms with Gasteiger partial charge in [-0.1, -0.05) is 25.1 Å². The summed E-state index contributed by atoms with van der Waals surface area (Å²) in [6.07, 6.45) is 5.15. The minimum atomic E-state index is -0.757. The first-order valence-corrected chi connectivity index (χ1v) is 24.6. The predicted octanol–water partition coefficient (Wildman–Crippen LogP) is 7.99. The number of methoxy groups -OCH3 is 2. The maximum atomic E-state index is 14.6. The van der Waals surface area contributed by atoms with Crippen LogP contribution in [0, 0.1) is 11.8 Å². The first-order valence-electron chi connectivity index (χ1n) is 24.6. The molecule has 5 saturated heterocycles. The van der Waals surface area contributed by atoms with Gasteiger partial charge in [0.25, 0.3) is 0 Å². The number of aromatic nitrogens is 4. The normalized spacial score (nSPS) is 32.0. The van der Waals surface area contributed by atoms with E-state index in [-0.39, 0.29) is 54.0 Å². The van der Waals surface area contributed by atoms with Crippen molar-refractivity contribution in [2.75, 3.05) is 14.2 Å². The van der Waals surface area contributed by atoms with Gasteiger partial charge in [-0.15, -0.1) is 0 Å². The largest absolute Gasteiger partial charge is 0.488 e. The summed E-state index contributed by atoms with van der Waals surface area (Å²) in [7, 11) is 2.63. The average molecular weight is 943 g/mol. The van der Waals surface area contributed by atoms with Gasteiger partial charge in [0, 0.05) is 10.9 Å². The lowest BCUT2D eigenvalue weighted by Gasteiger charge is -2.47. The molecule has 3 unspecified atom stereocenters. The van der Waals surface area contributed by atoms with Crippen LogP contribution in [0.1, 0.15) is 116 Å². The molecule has 5 aromatic rings. The van der Waals surface area contributed by atoms with Gasteiger partial charge in [0.15, 0.2) is 0 Å². The fraction of sp³-hybridized carbons (Fsp3) is 0.538. The van der Waals surface area contributed by atoms with E-state index in [2.05, 4.69) is 77.8 Å². The second kappa shape index (κ2) is 16.7. The van der Waals surface area contributed by atoms with Crippen molar-refractivity contribution in [2.24, 2.45) is 11.8 Å². The Labute approximate surface area is 400 Å². The number of hydrogen-bond acceptors (Lipinski definition) is 11. The number of nitrogens with one attached hydrogen (secondary N) is 4. The third-order valence-corrected chi connectivity index (χ3v) is 16.4. The third kappa shape index (κ3) is 7.40. The molecule has 0 saturated carbocycles. The molecule has 6 aliphatic heterocycles. The van der Waals surface area contributed by atoms with E-state index in [4.69, 9.17) is 33.7 Å². The molecule has 4 amide bonds. The molecule has 17 heteroatoms. The van der Waals surface area contributed by atoms with Crippen molar-refractivity contribution in [1.29, 1.82) is 0 Å². The fourth-order valence-electron chi connectivity index (χ4n) is 13.5. The highest BCUT2D eigenvalue weighted by atomic mass is 16.5. The number of imidazole rings is 2. The molecule has 69 heavy (non-hydrogen) atoms. The second-order valence-electron chi connectivity index (χ2n) is 20.8. The summed E-state index contributed by atoms with van der Waals surface area (Å²) >= 11 is 0. The quantitative estimate of drug-likeness (QED) is 0.123. The zero-order chi connectivity index (χ0) is 48.3. The molecule has 8 heterocycles. The zero-order valence-electron chi connectivity index (χ0n) is 40.5. The Morgan fingerprint density at radius 2 is 1.58 bits per heavy atom. The van der Waals surface area contributed by atoms with E-state index in [0.29, 0.717) is 56.8 Å². The van der Waals surface area contributed by atoms with Gasteiger partial charge in [-0.25, -0.2) is 19.6 Å². The maximum absolute atomic E-state index is 14.6. The fourth-order valence-corrected chi connectivity index (χ4v) is 13.5. The molecule has 12 atom stereocenters. The van der Waals surface area contributed by atoms with Crippen molar-refractivity contribution in [1.82, 2.24) is 40.4 Å². The summed E-state index contributed by atoms with van der Waals surface area (Å²) < 4.78 is 29.7. The van der Waals surface area contributed by atoms with Crippen LogP contribution in [0.15, 0.2) is 48.7 Å². The Morgan fingerprint density at radius 1 is 0.884 bits per heavy atom. The number of ether oxygens (including phenoxy) is 5. The van der Waals surface area contributed by atoms with Gasteiger partial charge in [-0.2, -0.15) is 0 Å². The number of aromatic amines is 2. The minimum absolute atomic E-state index is 0.0580. The number of alkyl carbamates (subject to hydrolysis) is 2. The number of H-pyrrole nitrogens is 2. The van der Waals surface area contributed by atoms with E-state index in [1.165, 1.54) is 14.2 Å². The summed E-state index contributed by atoms with van der Waals surface area (Å²) in [6.45, 7) is 12.7. The van der Waals surface area contributed by atoms with Gasteiger partial charge >= 0.3 is 12.2 Å². The van der Waals surface area contributed by atoms with Crippen LogP contribution in [0.4, 0.5) is 9.59 Å². The molecule has 4 N–H and O–H groups in total. The van der Waals surface area contributed by atoms with Crippen LogP contribution in [-0.2, 0) is 35.1 Å². The number of rotatable bonds is 7. The Hall–Kier alpha value is -6.20. The van der Waals surface area contributed by atoms with Crippen molar-refractivity contribution in [2.45, 2.75) is 153 Å². The number of fused-ring (bicyclic) bond motifs is 12. The average Bonchev–Trinajstić information content (AvgIpc) is 4.10. The molecule has 6 aliphatic rings. The molecule has 364 valence electrons. The van der Waals surface area contributed by atoms with Crippen LogP contribution in [0.25, 0.3) is 44.2 Å². The monoisotopic (exact) mass is 942 g/mol. The minimum Gasteiger partial charge on any atom is -0.488 e. The summed E-state index contributed by atoms with van der Waals surface area (Å²) in [5, 5.41) is 7.70. The van der Waals surface area contributed by atoms with Gasteiger partial charge in [0.2, 0.25) is 11.8 Å².